The number of aliphatic carboxylic acids is 1. The number of carboxylic acids is 1. The first kappa shape index (κ1) is 9.92. The van der Waals surface area contributed by atoms with Gasteiger partial charge in [-0.2, -0.15) is 0 Å². The minimum Gasteiger partial charge on any atom is -0.492 e. The molecule has 0 unspecified atom stereocenters. The van der Waals surface area contributed by atoms with Crippen LogP contribution < -0.4 is 0 Å². The molecule has 0 aliphatic heterocycles. The summed E-state index contributed by atoms with van der Waals surface area (Å²) in [7, 11) is 0. The Labute approximate surface area is 81.7 Å². The van der Waals surface area contributed by atoms with Gasteiger partial charge >= 0.3 is 5.97 Å². The first-order chi connectivity index (χ1) is 6.20. The Hall–Kier alpha value is -1.16. The first-order valence-electron chi connectivity index (χ1n) is 3.95. The van der Waals surface area contributed by atoms with Gasteiger partial charge in [0.2, 0.25) is 0 Å². The van der Waals surface area contributed by atoms with Crippen molar-refractivity contribution in [2.24, 2.45) is 0 Å². The lowest BCUT2D eigenvalue weighted by atomic mass is 10.1. The summed E-state index contributed by atoms with van der Waals surface area (Å²) in [6.45, 7) is 0.176. The van der Waals surface area contributed by atoms with Gasteiger partial charge < -0.3 is 9.84 Å². The molecule has 0 saturated heterocycles. The molecular weight excluding hydrogens is 188 g/mol. The number of rotatable bonds is 4. The Balaban J connectivity index is 2.35. The molecule has 1 aliphatic rings. The van der Waals surface area contributed by atoms with Gasteiger partial charge in [-0.05, 0) is 6.08 Å². The zero-order valence-electron chi connectivity index (χ0n) is 7.03. The minimum absolute atomic E-state index is 0.00364. The van der Waals surface area contributed by atoms with Crippen molar-refractivity contribution in [2.75, 3.05) is 6.61 Å². The molecule has 0 aromatic rings. The average molecular weight is 198 g/mol. The van der Waals surface area contributed by atoms with E-state index < -0.39 is 5.97 Å². The second-order valence-corrected chi connectivity index (χ2v) is 3.07. The quantitative estimate of drug-likeness (QED) is 0.698. The Bertz CT molecular complexity index is 279. The van der Waals surface area contributed by atoms with E-state index in [4.69, 9.17) is 22.1 Å². The van der Waals surface area contributed by atoms with Crippen molar-refractivity contribution in [3.05, 3.63) is 24.0 Å². The number of carbonyl (C=O) groups is 1. The van der Waals surface area contributed by atoms with Gasteiger partial charge in [0.15, 0.2) is 0 Å². The molecule has 0 spiro atoms. The molecule has 0 saturated carbocycles. The summed E-state index contributed by atoms with van der Waals surface area (Å²) >= 11 is 5.01. The average Bonchev–Trinajstić information content (AvgIpc) is 2.08. The van der Waals surface area contributed by atoms with E-state index >= 15 is 0 Å². The molecule has 13 heavy (non-hydrogen) atoms. The Morgan fingerprint density at radius 2 is 2.46 bits per heavy atom. The van der Waals surface area contributed by atoms with Gasteiger partial charge in [-0.1, -0.05) is 24.4 Å². The van der Waals surface area contributed by atoms with Crippen LogP contribution in [0.1, 0.15) is 12.8 Å². The fraction of sp³-hybridized carbons (Fsp3) is 0.333. The van der Waals surface area contributed by atoms with E-state index in [1.807, 2.05) is 12.2 Å². The van der Waals surface area contributed by atoms with Crippen LogP contribution in [0.4, 0.5) is 0 Å². The molecule has 0 amide bonds. The SMILES string of the molecule is O=C(O)CCOC1=CC=CCC1=S. The van der Waals surface area contributed by atoms with Crippen LogP contribution in [0.3, 0.4) is 0 Å². The van der Waals surface area contributed by atoms with Crippen molar-refractivity contribution in [1.29, 1.82) is 0 Å². The summed E-state index contributed by atoms with van der Waals surface area (Å²) < 4.78 is 5.19. The lowest BCUT2D eigenvalue weighted by Crippen LogP contribution is -2.09. The van der Waals surface area contributed by atoms with Gasteiger partial charge in [-0.25, -0.2) is 0 Å². The van der Waals surface area contributed by atoms with E-state index in [2.05, 4.69) is 0 Å². The molecule has 70 valence electrons. The third kappa shape index (κ3) is 3.38. The smallest absolute Gasteiger partial charge is 0.306 e. The number of thiocarbonyl (C=S) groups is 1. The monoisotopic (exact) mass is 198 g/mol. The Kier molecular flexibility index (Phi) is 3.64. The third-order valence-electron chi connectivity index (χ3n) is 1.54. The van der Waals surface area contributed by atoms with E-state index in [1.165, 1.54) is 0 Å². The molecule has 0 aromatic heterocycles. The highest BCUT2D eigenvalue weighted by molar-refractivity contribution is 7.80. The molecule has 4 heteroatoms. The van der Waals surface area contributed by atoms with Gasteiger partial charge in [0.05, 0.1) is 17.9 Å². The van der Waals surface area contributed by atoms with Crippen molar-refractivity contribution in [2.45, 2.75) is 12.8 Å². The summed E-state index contributed by atoms with van der Waals surface area (Å²) in [4.78, 5) is 10.9. The second-order valence-electron chi connectivity index (χ2n) is 2.58. The molecule has 1 rings (SSSR count). The van der Waals surface area contributed by atoms with Gasteiger partial charge in [0, 0.05) is 6.42 Å². The molecule has 0 heterocycles. The zero-order valence-corrected chi connectivity index (χ0v) is 7.84. The topological polar surface area (TPSA) is 46.5 Å². The van der Waals surface area contributed by atoms with Gasteiger partial charge in [-0.3, -0.25) is 4.79 Å². The Morgan fingerprint density at radius 3 is 3.08 bits per heavy atom. The van der Waals surface area contributed by atoms with Crippen molar-refractivity contribution in [3.63, 3.8) is 0 Å². The van der Waals surface area contributed by atoms with Crippen LogP contribution in [0.15, 0.2) is 24.0 Å². The number of carboxylic acid groups (broad SMARTS) is 1. The molecule has 1 N–H and O–H groups in total. The van der Waals surface area contributed by atoms with Gasteiger partial charge in [0.1, 0.15) is 5.76 Å². The third-order valence-corrected chi connectivity index (χ3v) is 1.90. The highest BCUT2D eigenvalue weighted by atomic mass is 32.1. The molecule has 0 radical (unpaired) electrons. The maximum absolute atomic E-state index is 10.2. The van der Waals surface area contributed by atoms with Crippen LogP contribution in [0.5, 0.6) is 0 Å². The zero-order chi connectivity index (χ0) is 9.68. The number of ether oxygens (including phenoxy) is 1. The molecule has 0 fully saturated rings. The highest BCUT2D eigenvalue weighted by Crippen LogP contribution is 2.11. The van der Waals surface area contributed by atoms with Crippen LogP contribution in [0, 0.1) is 0 Å². The molecular formula is C9H10O3S. The van der Waals surface area contributed by atoms with Crippen molar-refractivity contribution in [3.8, 4) is 0 Å². The van der Waals surface area contributed by atoms with Crippen LogP contribution in [-0.2, 0) is 9.53 Å². The largest absolute Gasteiger partial charge is 0.492 e. The molecule has 0 aromatic carbocycles. The normalized spacial score (nSPS) is 15.4. The first-order valence-corrected chi connectivity index (χ1v) is 4.35. The van der Waals surface area contributed by atoms with E-state index in [1.54, 1.807) is 6.08 Å². The summed E-state index contributed by atoms with van der Waals surface area (Å²) in [5.41, 5.74) is 0. The van der Waals surface area contributed by atoms with E-state index in [-0.39, 0.29) is 13.0 Å². The predicted octanol–water partition coefficient (Wildman–Crippen LogP) is 1.69. The molecule has 0 atom stereocenters. The highest BCUT2D eigenvalue weighted by Gasteiger charge is 2.07. The minimum atomic E-state index is -0.863. The fourth-order valence-electron chi connectivity index (χ4n) is 0.901. The van der Waals surface area contributed by atoms with Crippen LogP contribution in [-0.4, -0.2) is 22.5 Å². The Morgan fingerprint density at radius 1 is 1.69 bits per heavy atom. The maximum atomic E-state index is 10.2. The lowest BCUT2D eigenvalue weighted by Gasteiger charge is -2.11. The summed E-state index contributed by atoms with van der Waals surface area (Å²) in [6.07, 6.45) is 6.25. The van der Waals surface area contributed by atoms with Crippen molar-refractivity contribution >= 4 is 23.1 Å². The van der Waals surface area contributed by atoms with Gasteiger partial charge in [-0.15, -0.1) is 0 Å². The summed E-state index contributed by atoms with van der Waals surface area (Å²) in [5.74, 6) is -0.239. The van der Waals surface area contributed by atoms with Crippen LogP contribution >= 0.6 is 12.2 Å². The van der Waals surface area contributed by atoms with Crippen molar-refractivity contribution < 1.29 is 14.6 Å². The van der Waals surface area contributed by atoms with Gasteiger partial charge in [0.25, 0.3) is 0 Å². The van der Waals surface area contributed by atoms with Crippen LogP contribution in [0.2, 0.25) is 0 Å². The summed E-state index contributed by atoms with van der Waals surface area (Å²) in [6, 6.07) is 0. The van der Waals surface area contributed by atoms with Crippen molar-refractivity contribution in [1.82, 2.24) is 0 Å². The number of hydrogen-bond donors (Lipinski definition) is 1. The maximum Gasteiger partial charge on any atom is 0.306 e. The molecule has 0 bridgehead atoms. The molecule has 3 nitrogen and oxygen atoms in total. The summed E-state index contributed by atoms with van der Waals surface area (Å²) in [5, 5.41) is 8.36. The predicted molar refractivity (Wildman–Crippen MR) is 52.6 cm³/mol. The van der Waals surface area contributed by atoms with E-state index in [0.29, 0.717) is 12.2 Å². The standard InChI is InChI=1S/C9H10O3S/c10-9(11)5-6-12-7-3-1-2-4-8(7)13/h1-3H,4-6H2,(H,10,11). The lowest BCUT2D eigenvalue weighted by molar-refractivity contribution is -0.137. The number of allylic oxidation sites excluding steroid dienone is 4. The van der Waals surface area contributed by atoms with Crippen LogP contribution in [0.25, 0.3) is 0 Å². The second kappa shape index (κ2) is 4.77. The molecule has 1 aliphatic carbocycles. The fourth-order valence-corrected chi connectivity index (χ4v) is 1.12. The van der Waals surface area contributed by atoms with E-state index in [0.717, 1.165) is 4.86 Å². The van der Waals surface area contributed by atoms with E-state index in [9.17, 15) is 4.79 Å². The number of hydrogen-bond acceptors (Lipinski definition) is 3.